The first-order chi connectivity index (χ1) is 9.75. The van der Waals surface area contributed by atoms with Gasteiger partial charge in [0.05, 0.1) is 23.5 Å². The zero-order valence-corrected chi connectivity index (χ0v) is 11.6. The number of hydrogen-bond acceptors (Lipinski definition) is 4. The summed E-state index contributed by atoms with van der Waals surface area (Å²) in [6.45, 7) is 4.15. The van der Waals surface area contributed by atoms with Gasteiger partial charge < -0.3 is 0 Å². The molecule has 2 aromatic heterocycles. The fourth-order valence-electron chi connectivity index (χ4n) is 2.13. The molecule has 0 N–H and O–H groups in total. The average molecular weight is 264 g/mol. The van der Waals surface area contributed by atoms with Crippen LogP contribution in [0.2, 0.25) is 0 Å². The van der Waals surface area contributed by atoms with Gasteiger partial charge in [0.2, 0.25) is 0 Å². The molecule has 2 aromatic rings. The molecule has 2 atom stereocenters. The Bertz CT molecular complexity index is 587. The predicted molar refractivity (Wildman–Crippen MR) is 80.5 cm³/mol. The highest BCUT2D eigenvalue weighted by Crippen LogP contribution is 2.16. The fraction of sp³-hybridized carbons (Fsp3) is 0.250. The Morgan fingerprint density at radius 1 is 0.700 bits per heavy atom. The quantitative estimate of drug-likeness (QED) is 0.837. The van der Waals surface area contributed by atoms with E-state index in [4.69, 9.17) is 9.98 Å². The van der Waals surface area contributed by atoms with Gasteiger partial charge in [-0.25, -0.2) is 0 Å². The lowest BCUT2D eigenvalue weighted by atomic mass is 10.0. The van der Waals surface area contributed by atoms with Gasteiger partial charge in [-0.2, -0.15) is 0 Å². The molecule has 3 rings (SSSR count). The van der Waals surface area contributed by atoms with E-state index in [2.05, 4.69) is 23.8 Å². The van der Waals surface area contributed by atoms with Crippen molar-refractivity contribution in [3.05, 3.63) is 60.2 Å². The van der Waals surface area contributed by atoms with Gasteiger partial charge >= 0.3 is 0 Å². The van der Waals surface area contributed by atoms with Crippen LogP contribution in [-0.4, -0.2) is 33.5 Å². The summed E-state index contributed by atoms with van der Waals surface area (Å²) in [4.78, 5) is 18.3. The molecule has 0 spiro atoms. The average Bonchev–Trinajstić information content (AvgIpc) is 2.51. The van der Waals surface area contributed by atoms with Crippen molar-refractivity contribution in [3.8, 4) is 0 Å². The van der Waals surface area contributed by atoms with E-state index in [9.17, 15) is 0 Å². The van der Waals surface area contributed by atoms with Gasteiger partial charge in [-0.1, -0.05) is 12.1 Å². The number of rotatable bonds is 2. The van der Waals surface area contributed by atoms with E-state index >= 15 is 0 Å². The summed E-state index contributed by atoms with van der Waals surface area (Å²) in [6, 6.07) is 11.9. The Hall–Kier alpha value is -2.36. The van der Waals surface area contributed by atoms with Crippen LogP contribution in [0, 0.1) is 0 Å². The molecule has 2 unspecified atom stereocenters. The summed E-state index contributed by atoms with van der Waals surface area (Å²) in [5.74, 6) is 0. The van der Waals surface area contributed by atoms with E-state index in [0.717, 1.165) is 22.8 Å². The number of pyridine rings is 2. The summed E-state index contributed by atoms with van der Waals surface area (Å²) < 4.78 is 0. The van der Waals surface area contributed by atoms with E-state index in [-0.39, 0.29) is 12.1 Å². The van der Waals surface area contributed by atoms with E-state index in [1.54, 1.807) is 12.4 Å². The smallest absolute Gasteiger partial charge is 0.111 e. The number of hydrogen-bond donors (Lipinski definition) is 0. The van der Waals surface area contributed by atoms with Crippen LogP contribution in [0.15, 0.2) is 58.8 Å². The first-order valence-electron chi connectivity index (χ1n) is 6.74. The van der Waals surface area contributed by atoms with Crippen LogP contribution in [0.1, 0.15) is 25.2 Å². The Morgan fingerprint density at radius 3 is 1.50 bits per heavy atom. The third-order valence-corrected chi connectivity index (χ3v) is 3.40. The molecule has 100 valence electrons. The van der Waals surface area contributed by atoms with Crippen LogP contribution in [0.4, 0.5) is 0 Å². The minimum Gasteiger partial charge on any atom is -0.275 e. The van der Waals surface area contributed by atoms with E-state index in [0.29, 0.717) is 0 Å². The molecule has 0 fully saturated rings. The second-order valence-corrected chi connectivity index (χ2v) is 4.87. The highest BCUT2D eigenvalue weighted by atomic mass is 15.0. The summed E-state index contributed by atoms with van der Waals surface area (Å²) in [6.07, 6.45) is 3.55. The highest BCUT2D eigenvalue weighted by Gasteiger charge is 2.24. The van der Waals surface area contributed by atoms with Gasteiger partial charge in [0.25, 0.3) is 0 Å². The lowest BCUT2D eigenvalue weighted by Gasteiger charge is -2.22. The SMILES string of the molecule is CC1N=C(c2ccccn2)C(c2ccccn2)=NC1C. The third-order valence-electron chi connectivity index (χ3n) is 3.40. The number of aliphatic imine (C=N–C) groups is 2. The molecule has 20 heavy (non-hydrogen) atoms. The molecule has 4 heteroatoms. The summed E-state index contributed by atoms with van der Waals surface area (Å²) in [7, 11) is 0. The van der Waals surface area contributed by atoms with Crippen LogP contribution < -0.4 is 0 Å². The first-order valence-corrected chi connectivity index (χ1v) is 6.74. The second-order valence-electron chi connectivity index (χ2n) is 4.87. The fourth-order valence-corrected chi connectivity index (χ4v) is 2.13. The number of aromatic nitrogens is 2. The van der Waals surface area contributed by atoms with Crippen molar-refractivity contribution in [2.75, 3.05) is 0 Å². The molecule has 1 aliphatic rings. The normalized spacial score (nSPS) is 22.1. The minimum absolute atomic E-state index is 0.152. The van der Waals surface area contributed by atoms with Crippen molar-refractivity contribution in [1.29, 1.82) is 0 Å². The second kappa shape index (κ2) is 5.33. The van der Waals surface area contributed by atoms with Crippen LogP contribution in [0.5, 0.6) is 0 Å². The molecule has 0 amide bonds. The zero-order valence-electron chi connectivity index (χ0n) is 11.6. The van der Waals surface area contributed by atoms with E-state index < -0.39 is 0 Å². The molecule has 4 nitrogen and oxygen atoms in total. The minimum atomic E-state index is 0.152. The predicted octanol–water partition coefficient (Wildman–Crippen LogP) is 2.55. The molecule has 0 saturated heterocycles. The molecule has 0 aliphatic carbocycles. The topological polar surface area (TPSA) is 50.5 Å². The Balaban J connectivity index is 2.10. The first kappa shape index (κ1) is 12.7. The molecule has 0 aromatic carbocycles. The summed E-state index contributed by atoms with van der Waals surface area (Å²) in [5.41, 5.74) is 3.34. The van der Waals surface area contributed by atoms with Crippen LogP contribution in [-0.2, 0) is 0 Å². The molecule has 0 bridgehead atoms. The maximum absolute atomic E-state index is 4.77. The van der Waals surface area contributed by atoms with Crippen molar-refractivity contribution < 1.29 is 0 Å². The van der Waals surface area contributed by atoms with Gasteiger partial charge in [-0.15, -0.1) is 0 Å². The summed E-state index contributed by atoms with van der Waals surface area (Å²) in [5, 5.41) is 0. The maximum atomic E-state index is 4.77. The van der Waals surface area contributed by atoms with Crippen LogP contribution in [0.3, 0.4) is 0 Å². The molecular formula is C16H16N4. The van der Waals surface area contributed by atoms with Gasteiger partial charge in [0.15, 0.2) is 0 Å². The van der Waals surface area contributed by atoms with Gasteiger partial charge in [0, 0.05) is 12.4 Å². The lowest BCUT2D eigenvalue weighted by Crippen LogP contribution is -2.32. The van der Waals surface area contributed by atoms with Crippen molar-refractivity contribution in [2.24, 2.45) is 9.98 Å². The van der Waals surface area contributed by atoms with Crippen molar-refractivity contribution >= 4 is 11.4 Å². The van der Waals surface area contributed by atoms with E-state index in [1.807, 2.05) is 36.4 Å². The number of nitrogens with zero attached hydrogens (tertiary/aromatic N) is 4. The molecule has 1 aliphatic heterocycles. The standard InChI is InChI=1S/C16H16N4/c1-11-12(2)20-16(14-8-4-6-10-18-14)15(19-11)13-7-3-5-9-17-13/h3-12H,1-2H3. The maximum Gasteiger partial charge on any atom is 0.111 e. The Kier molecular flexibility index (Phi) is 3.37. The highest BCUT2D eigenvalue weighted by molar-refractivity contribution is 6.53. The third kappa shape index (κ3) is 2.37. The van der Waals surface area contributed by atoms with Crippen LogP contribution in [0.25, 0.3) is 0 Å². The van der Waals surface area contributed by atoms with Gasteiger partial charge in [-0.05, 0) is 38.1 Å². The summed E-state index contributed by atoms with van der Waals surface area (Å²) >= 11 is 0. The van der Waals surface area contributed by atoms with Crippen molar-refractivity contribution in [2.45, 2.75) is 25.9 Å². The Morgan fingerprint density at radius 2 is 1.15 bits per heavy atom. The van der Waals surface area contributed by atoms with Crippen LogP contribution >= 0.6 is 0 Å². The molecule has 0 saturated carbocycles. The van der Waals surface area contributed by atoms with Crippen molar-refractivity contribution in [1.82, 2.24) is 9.97 Å². The lowest BCUT2D eigenvalue weighted by molar-refractivity contribution is 0.602. The van der Waals surface area contributed by atoms with Crippen molar-refractivity contribution in [3.63, 3.8) is 0 Å². The van der Waals surface area contributed by atoms with E-state index in [1.165, 1.54) is 0 Å². The molecule has 3 heterocycles. The Labute approximate surface area is 118 Å². The van der Waals surface area contributed by atoms with Gasteiger partial charge in [-0.3, -0.25) is 20.0 Å². The monoisotopic (exact) mass is 264 g/mol. The molecule has 0 radical (unpaired) electrons. The molecular weight excluding hydrogens is 248 g/mol. The zero-order chi connectivity index (χ0) is 13.9. The largest absolute Gasteiger partial charge is 0.275 e. The van der Waals surface area contributed by atoms with Gasteiger partial charge in [0.1, 0.15) is 11.4 Å².